The van der Waals surface area contributed by atoms with Crippen molar-refractivity contribution in [2.24, 2.45) is 11.8 Å². The Balaban J connectivity index is 1.77. The van der Waals surface area contributed by atoms with Crippen molar-refractivity contribution in [1.29, 1.82) is 0 Å². The van der Waals surface area contributed by atoms with Crippen LogP contribution in [0.3, 0.4) is 0 Å². The van der Waals surface area contributed by atoms with Gasteiger partial charge in [-0.05, 0) is 24.7 Å². The van der Waals surface area contributed by atoms with Gasteiger partial charge in [0.1, 0.15) is 5.76 Å². The molecule has 2 aliphatic rings. The van der Waals surface area contributed by atoms with Crippen LogP contribution in [0.1, 0.15) is 43.3 Å². The van der Waals surface area contributed by atoms with Crippen LogP contribution in [0.25, 0.3) is 0 Å². The van der Waals surface area contributed by atoms with Gasteiger partial charge in [-0.25, -0.2) is 4.98 Å². The van der Waals surface area contributed by atoms with Gasteiger partial charge in [0.25, 0.3) is 0 Å². The number of hydrogen-bond acceptors (Lipinski definition) is 2. The molecular weight excluding hydrogens is 198 g/mol. The molecule has 1 aromatic heterocycles. The molecule has 0 radical (unpaired) electrons. The van der Waals surface area contributed by atoms with Gasteiger partial charge in [0.05, 0.1) is 12.1 Å². The third-order valence-corrected chi connectivity index (χ3v) is 3.90. The first-order valence-corrected chi connectivity index (χ1v) is 5.94. The van der Waals surface area contributed by atoms with E-state index in [9.17, 15) is 0 Å². The lowest BCUT2D eigenvalue weighted by Crippen LogP contribution is -1.91. The molecule has 1 aromatic rings. The summed E-state index contributed by atoms with van der Waals surface area (Å²) in [7, 11) is 0. The van der Waals surface area contributed by atoms with Gasteiger partial charge in [0, 0.05) is 5.92 Å². The standard InChI is InChI=1S/C11H14ClNO/c12-5-10-13-6-9(14-10)11-7-3-1-2-4-8(7)11/h6-8,11H,1-5H2. The number of oxazole rings is 1. The molecule has 2 nitrogen and oxygen atoms in total. The van der Waals surface area contributed by atoms with Gasteiger partial charge < -0.3 is 4.42 Å². The number of alkyl halides is 1. The van der Waals surface area contributed by atoms with Gasteiger partial charge >= 0.3 is 0 Å². The first kappa shape index (κ1) is 8.78. The third-order valence-electron chi connectivity index (χ3n) is 3.67. The smallest absolute Gasteiger partial charge is 0.209 e. The summed E-state index contributed by atoms with van der Waals surface area (Å²) in [6, 6.07) is 0. The van der Waals surface area contributed by atoms with Crippen LogP contribution in [0.4, 0.5) is 0 Å². The van der Waals surface area contributed by atoms with Gasteiger partial charge in [-0.2, -0.15) is 0 Å². The SMILES string of the molecule is ClCc1ncc(C2C3CCCCC32)o1. The largest absolute Gasteiger partial charge is 0.444 e. The van der Waals surface area contributed by atoms with Crippen LogP contribution in [0.5, 0.6) is 0 Å². The molecule has 0 spiro atoms. The zero-order valence-electron chi connectivity index (χ0n) is 8.08. The van der Waals surface area contributed by atoms with Gasteiger partial charge in [0.2, 0.25) is 5.89 Å². The Labute approximate surface area is 88.7 Å². The molecule has 0 bridgehead atoms. The third kappa shape index (κ3) is 1.28. The second kappa shape index (κ2) is 3.27. The maximum absolute atomic E-state index is 5.66. The Hall–Kier alpha value is -0.500. The summed E-state index contributed by atoms with van der Waals surface area (Å²) in [5.74, 6) is 4.59. The average Bonchev–Trinajstić information content (AvgIpc) is 2.77. The van der Waals surface area contributed by atoms with Gasteiger partial charge in [-0.3, -0.25) is 0 Å². The molecule has 1 heterocycles. The fourth-order valence-corrected chi connectivity index (χ4v) is 3.08. The highest BCUT2D eigenvalue weighted by atomic mass is 35.5. The lowest BCUT2D eigenvalue weighted by Gasteiger charge is -2.04. The summed E-state index contributed by atoms with van der Waals surface area (Å²) in [4.78, 5) is 4.16. The monoisotopic (exact) mass is 211 g/mol. The average molecular weight is 212 g/mol. The highest BCUT2D eigenvalue weighted by molar-refractivity contribution is 6.16. The summed E-state index contributed by atoms with van der Waals surface area (Å²) in [6.07, 6.45) is 7.43. The van der Waals surface area contributed by atoms with E-state index >= 15 is 0 Å². The predicted octanol–water partition coefficient (Wildman–Crippen LogP) is 3.32. The van der Waals surface area contributed by atoms with E-state index in [0.717, 1.165) is 17.6 Å². The number of rotatable bonds is 2. The van der Waals surface area contributed by atoms with Crippen molar-refractivity contribution >= 4 is 11.6 Å². The number of nitrogens with zero attached hydrogens (tertiary/aromatic N) is 1. The Morgan fingerprint density at radius 3 is 2.64 bits per heavy atom. The van der Waals surface area contributed by atoms with Crippen molar-refractivity contribution in [3.05, 3.63) is 17.8 Å². The molecule has 3 heteroatoms. The van der Waals surface area contributed by atoms with Crippen LogP contribution in [0.15, 0.2) is 10.6 Å². The summed E-state index contributed by atoms with van der Waals surface area (Å²) >= 11 is 5.66. The van der Waals surface area contributed by atoms with Crippen molar-refractivity contribution in [3.8, 4) is 0 Å². The van der Waals surface area contributed by atoms with Crippen molar-refractivity contribution in [1.82, 2.24) is 4.98 Å². The molecular formula is C11H14ClNO. The number of aromatic nitrogens is 1. The molecule has 0 saturated heterocycles. The highest BCUT2D eigenvalue weighted by Gasteiger charge is 2.53. The minimum absolute atomic E-state index is 0.391. The molecule has 2 fully saturated rings. The molecule has 2 aliphatic carbocycles. The normalized spacial score (nSPS) is 35.4. The first-order chi connectivity index (χ1) is 6.90. The molecule has 3 rings (SSSR count). The number of fused-ring (bicyclic) bond motifs is 1. The molecule has 76 valence electrons. The summed E-state index contributed by atoms with van der Waals surface area (Å²) in [5.41, 5.74) is 0. The lowest BCUT2D eigenvalue weighted by molar-refractivity contribution is 0.463. The molecule has 0 N–H and O–H groups in total. The maximum atomic E-state index is 5.66. The molecule has 14 heavy (non-hydrogen) atoms. The number of halogens is 1. The lowest BCUT2D eigenvalue weighted by atomic mass is 10.0. The van der Waals surface area contributed by atoms with Crippen molar-refractivity contribution < 1.29 is 4.42 Å². The van der Waals surface area contributed by atoms with E-state index in [-0.39, 0.29) is 0 Å². The van der Waals surface area contributed by atoms with Gasteiger partial charge in [-0.15, -0.1) is 11.6 Å². The van der Waals surface area contributed by atoms with Gasteiger partial charge in [0.15, 0.2) is 0 Å². The summed E-state index contributed by atoms with van der Waals surface area (Å²) < 4.78 is 5.61. The first-order valence-electron chi connectivity index (χ1n) is 5.40. The van der Waals surface area contributed by atoms with Crippen LogP contribution >= 0.6 is 11.6 Å². The van der Waals surface area contributed by atoms with E-state index in [1.54, 1.807) is 0 Å². The van der Waals surface area contributed by atoms with Crippen LogP contribution in [0, 0.1) is 11.8 Å². The van der Waals surface area contributed by atoms with Crippen LogP contribution < -0.4 is 0 Å². The van der Waals surface area contributed by atoms with Crippen molar-refractivity contribution in [3.63, 3.8) is 0 Å². The van der Waals surface area contributed by atoms with Crippen LogP contribution in [-0.4, -0.2) is 4.98 Å². The van der Waals surface area contributed by atoms with E-state index in [4.69, 9.17) is 16.0 Å². The van der Waals surface area contributed by atoms with E-state index < -0.39 is 0 Å². The topological polar surface area (TPSA) is 26.0 Å². The Morgan fingerprint density at radius 1 is 1.36 bits per heavy atom. The summed E-state index contributed by atoms with van der Waals surface area (Å²) in [5, 5.41) is 0. The van der Waals surface area contributed by atoms with E-state index in [1.165, 1.54) is 25.7 Å². The fraction of sp³-hybridized carbons (Fsp3) is 0.727. The minimum Gasteiger partial charge on any atom is -0.444 e. The molecule has 0 aromatic carbocycles. The van der Waals surface area contributed by atoms with E-state index in [2.05, 4.69) is 4.98 Å². The second-order valence-electron chi connectivity index (χ2n) is 4.43. The predicted molar refractivity (Wildman–Crippen MR) is 54.2 cm³/mol. The van der Waals surface area contributed by atoms with E-state index in [1.807, 2.05) is 6.20 Å². The van der Waals surface area contributed by atoms with Crippen molar-refractivity contribution in [2.75, 3.05) is 0 Å². The second-order valence-corrected chi connectivity index (χ2v) is 4.70. The fourth-order valence-electron chi connectivity index (χ4n) is 2.95. The molecule has 0 aliphatic heterocycles. The Morgan fingerprint density at radius 2 is 2.07 bits per heavy atom. The molecule has 2 saturated carbocycles. The highest BCUT2D eigenvalue weighted by Crippen LogP contribution is 2.61. The van der Waals surface area contributed by atoms with E-state index in [0.29, 0.717) is 17.7 Å². The van der Waals surface area contributed by atoms with Crippen LogP contribution in [0.2, 0.25) is 0 Å². The summed E-state index contributed by atoms with van der Waals surface area (Å²) in [6.45, 7) is 0. The molecule has 2 unspecified atom stereocenters. The van der Waals surface area contributed by atoms with Crippen LogP contribution in [-0.2, 0) is 5.88 Å². The zero-order chi connectivity index (χ0) is 9.54. The Bertz CT molecular complexity index is 324. The number of hydrogen-bond donors (Lipinski definition) is 0. The Kier molecular flexibility index (Phi) is 2.05. The maximum Gasteiger partial charge on any atom is 0.209 e. The quantitative estimate of drug-likeness (QED) is 0.702. The molecule has 0 amide bonds. The van der Waals surface area contributed by atoms with Gasteiger partial charge in [-0.1, -0.05) is 12.8 Å². The zero-order valence-corrected chi connectivity index (χ0v) is 8.83. The van der Waals surface area contributed by atoms with Crippen molar-refractivity contribution in [2.45, 2.75) is 37.5 Å². The molecule has 2 atom stereocenters. The minimum atomic E-state index is 0.391.